The average molecular weight is 342 g/mol. The highest BCUT2D eigenvalue weighted by molar-refractivity contribution is 7.93. The maximum absolute atomic E-state index is 13.6. The lowest BCUT2D eigenvalue weighted by molar-refractivity contribution is 0.571. The second kappa shape index (κ2) is 5.12. The number of rotatable bonds is 3. The van der Waals surface area contributed by atoms with Gasteiger partial charge in [-0.05, 0) is 12.1 Å². The van der Waals surface area contributed by atoms with Crippen LogP contribution in [-0.4, -0.2) is 13.4 Å². The molecule has 0 atom stereocenters. The van der Waals surface area contributed by atoms with Crippen molar-refractivity contribution in [2.45, 2.75) is 4.90 Å². The molecule has 1 aromatic heterocycles. The van der Waals surface area contributed by atoms with Crippen molar-refractivity contribution in [3.05, 3.63) is 33.5 Å². The Hall–Kier alpha value is -1.09. The minimum absolute atomic E-state index is 0.0253. The number of nitrogens with two attached hydrogens (primary N) is 1. The minimum Gasteiger partial charge on any atom is -0.397 e. The summed E-state index contributed by atoms with van der Waals surface area (Å²) in [6.07, 6.45) is 0. The van der Waals surface area contributed by atoms with Gasteiger partial charge in [-0.3, -0.25) is 4.72 Å². The van der Waals surface area contributed by atoms with E-state index in [9.17, 15) is 12.8 Å². The van der Waals surface area contributed by atoms with Gasteiger partial charge in [0.1, 0.15) is 15.9 Å². The Labute approximate surface area is 122 Å². The molecule has 10 heteroatoms. The standard InChI is InChI=1S/C9H6Cl2FN3O2S2/c10-4-1-7(5(12)2-6(4)13)19(16,17)15-9-14-8(11)3-18-9/h1-3H,13H2,(H,14,15). The molecule has 2 aromatic rings. The summed E-state index contributed by atoms with van der Waals surface area (Å²) < 4.78 is 39.7. The lowest BCUT2D eigenvalue weighted by Gasteiger charge is -2.08. The number of hydrogen-bond acceptors (Lipinski definition) is 5. The second-order valence-corrected chi connectivity index (χ2v) is 6.69. The molecule has 102 valence electrons. The van der Waals surface area contributed by atoms with Gasteiger partial charge in [-0.15, -0.1) is 11.3 Å². The third kappa shape index (κ3) is 3.08. The van der Waals surface area contributed by atoms with Crippen molar-refractivity contribution >= 4 is 55.4 Å². The van der Waals surface area contributed by atoms with Gasteiger partial charge in [0.15, 0.2) is 5.13 Å². The third-order valence-electron chi connectivity index (χ3n) is 2.04. The van der Waals surface area contributed by atoms with E-state index in [0.717, 1.165) is 23.5 Å². The summed E-state index contributed by atoms with van der Waals surface area (Å²) in [5.41, 5.74) is 5.33. The van der Waals surface area contributed by atoms with E-state index in [2.05, 4.69) is 9.71 Å². The van der Waals surface area contributed by atoms with Crippen LogP contribution in [-0.2, 0) is 10.0 Å². The fraction of sp³-hybridized carbons (Fsp3) is 0. The number of sulfonamides is 1. The number of thiazole rings is 1. The molecule has 0 amide bonds. The molecule has 0 saturated heterocycles. The number of nitrogen functional groups attached to an aromatic ring is 1. The maximum Gasteiger partial charge on any atom is 0.266 e. The largest absolute Gasteiger partial charge is 0.397 e. The third-order valence-corrected chi connectivity index (χ3v) is 4.93. The van der Waals surface area contributed by atoms with Crippen LogP contribution in [0, 0.1) is 5.82 Å². The Bertz CT molecular complexity index is 733. The Morgan fingerprint density at radius 1 is 1.37 bits per heavy atom. The quantitative estimate of drug-likeness (QED) is 0.840. The van der Waals surface area contributed by atoms with Crippen LogP contribution in [0.25, 0.3) is 0 Å². The topological polar surface area (TPSA) is 85.1 Å². The summed E-state index contributed by atoms with van der Waals surface area (Å²) >= 11 is 12.2. The molecule has 5 nitrogen and oxygen atoms in total. The van der Waals surface area contributed by atoms with Crippen LogP contribution < -0.4 is 10.5 Å². The monoisotopic (exact) mass is 341 g/mol. The number of nitrogens with zero attached hydrogens (tertiary/aromatic N) is 1. The number of halogens is 3. The Morgan fingerprint density at radius 3 is 2.63 bits per heavy atom. The first-order valence-electron chi connectivity index (χ1n) is 4.68. The van der Waals surface area contributed by atoms with Gasteiger partial charge in [-0.25, -0.2) is 17.8 Å². The van der Waals surface area contributed by atoms with Gasteiger partial charge in [-0.1, -0.05) is 23.2 Å². The minimum atomic E-state index is -4.15. The number of benzene rings is 1. The van der Waals surface area contributed by atoms with E-state index in [-0.39, 0.29) is 21.0 Å². The van der Waals surface area contributed by atoms with Crippen LogP contribution in [0.5, 0.6) is 0 Å². The maximum atomic E-state index is 13.6. The summed E-state index contributed by atoms with van der Waals surface area (Å²) in [5.74, 6) is -1.00. The lowest BCUT2D eigenvalue weighted by Crippen LogP contribution is -2.14. The van der Waals surface area contributed by atoms with Crippen molar-refractivity contribution in [2.24, 2.45) is 0 Å². The van der Waals surface area contributed by atoms with Gasteiger partial charge in [0.05, 0.1) is 10.7 Å². The molecule has 1 heterocycles. The summed E-state index contributed by atoms with van der Waals surface area (Å²) in [6, 6.07) is 1.77. The molecule has 19 heavy (non-hydrogen) atoms. The van der Waals surface area contributed by atoms with Crippen LogP contribution in [0.3, 0.4) is 0 Å². The van der Waals surface area contributed by atoms with Crippen LogP contribution >= 0.6 is 34.5 Å². The average Bonchev–Trinajstić information content (AvgIpc) is 2.68. The van der Waals surface area contributed by atoms with Crippen LogP contribution in [0.1, 0.15) is 0 Å². The predicted octanol–water partition coefficient (Wildman–Crippen LogP) is 2.97. The van der Waals surface area contributed by atoms with E-state index in [4.69, 9.17) is 28.9 Å². The zero-order chi connectivity index (χ0) is 14.2. The zero-order valence-electron chi connectivity index (χ0n) is 9.02. The molecular weight excluding hydrogens is 336 g/mol. The molecule has 3 N–H and O–H groups in total. The van der Waals surface area contributed by atoms with Gasteiger partial charge in [0.2, 0.25) is 0 Å². The van der Waals surface area contributed by atoms with Crippen LogP contribution in [0.15, 0.2) is 22.4 Å². The SMILES string of the molecule is Nc1cc(F)c(S(=O)(=O)Nc2nc(Cl)cs2)cc1Cl. The molecule has 0 fully saturated rings. The molecule has 1 aromatic carbocycles. The predicted molar refractivity (Wildman–Crippen MR) is 73.8 cm³/mol. The van der Waals surface area contributed by atoms with E-state index in [1.54, 1.807) is 0 Å². The van der Waals surface area contributed by atoms with Crippen molar-refractivity contribution in [2.75, 3.05) is 10.5 Å². The Balaban J connectivity index is 2.42. The number of nitrogens with one attached hydrogen (secondary N) is 1. The van der Waals surface area contributed by atoms with E-state index in [1.807, 2.05) is 0 Å². The molecular formula is C9H6Cl2FN3O2S2. The van der Waals surface area contributed by atoms with E-state index >= 15 is 0 Å². The normalized spacial score (nSPS) is 11.5. The van der Waals surface area contributed by atoms with Crippen molar-refractivity contribution < 1.29 is 12.8 Å². The van der Waals surface area contributed by atoms with Crippen molar-refractivity contribution in [1.29, 1.82) is 0 Å². The lowest BCUT2D eigenvalue weighted by atomic mass is 10.3. The molecule has 0 saturated carbocycles. The van der Waals surface area contributed by atoms with Crippen LogP contribution in [0.2, 0.25) is 10.2 Å². The molecule has 0 radical (unpaired) electrons. The van der Waals surface area contributed by atoms with Gasteiger partial charge in [0.25, 0.3) is 10.0 Å². The van der Waals surface area contributed by atoms with E-state index < -0.39 is 20.7 Å². The van der Waals surface area contributed by atoms with Crippen molar-refractivity contribution in [3.63, 3.8) is 0 Å². The molecule has 0 aliphatic rings. The number of anilines is 2. The van der Waals surface area contributed by atoms with Crippen molar-refractivity contribution in [1.82, 2.24) is 4.98 Å². The summed E-state index contributed by atoms with van der Waals surface area (Å²) in [7, 11) is -4.15. The first kappa shape index (κ1) is 14.3. The first-order chi connectivity index (χ1) is 8.79. The number of aromatic nitrogens is 1. The van der Waals surface area contributed by atoms with Crippen molar-refractivity contribution in [3.8, 4) is 0 Å². The first-order valence-corrected chi connectivity index (χ1v) is 7.80. The summed E-state index contributed by atoms with van der Waals surface area (Å²) in [4.78, 5) is 3.09. The van der Waals surface area contributed by atoms with E-state index in [0.29, 0.717) is 0 Å². The molecule has 0 aliphatic heterocycles. The second-order valence-electron chi connectivity index (χ2n) is 3.39. The van der Waals surface area contributed by atoms with Gasteiger partial charge in [0, 0.05) is 5.38 Å². The van der Waals surface area contributed by atoms with E-state index in [1.165, 1.54) is 5.38 Å². The van der Waals surface area contributed by atoms with Crippen LogP contribution in [0.4, 0.5) is 15.2 Å². The Morgan fingerprint density at radius 2 is 2.05 bits per heavy atom. The molecule has 0 spiro atoms. The molecule has 0 unspecified atom stereocenters. The molecule has 0 bridgehead atoms. The van der Waals surface area contributed by atoms with Gasteiger partial charge in [-0.2, -0.15) is 0 Å². The zero-order valence-corrected chi connectivity index (χ0v) is 12.2. The highest BCUT2D eigenvalue weighted by atomic mass is 35.5. The summed E-state index contributed by atoms with van der Waals surface area (Å²) in [6.45, 7) is 0. The highest BCUT2D eigenvalue weighted by Crippen LogP contribution is 2.28. The van der Waals surface area contributed by atoms with Gasteiger partial charge >= 0.3 is 0 Å². The van der Waals surface area contributed by atoms with Gasteiger partial charge < -0.3 is 5.73 Å². The fourth-order valence-corrected chi connectivity index (χ4v) is 3.63. The smallest absolute Gasteiger partial charge is 0.266 e. The summed E-state index contributed by atoms with van der Waals surface area (Å²) in [5, 5.41) is 1.54. The fourth-order valence-electron chi connectivity index (χ4n) is 1.22. The highest BCUT2D eigenvalue weighted by Gasteiger charge is 2.22. The Kier molecular flexibility index (Phi) is 3.86. The molecule has 0 aliphatic carbocycles. The number of hydrogen-bond donors (Lipinski definition) is 2. The molecule has 2 rings (SSSR count).